The Hall–Kier alpha value is -1.61. The molecule has 7 nitrogen and oxygen atoms in total. The van der Waals surface area contributed by atoms with E-state index in [4.69, 9.17) is 0 Å². The minimum atomic E-state index is -2.98. The van der Waals surface area contributed by atoms with E-state index in [1.54, 1.807) is 18.4 Å². The zero-order chi connectivity index (χ0) is 19.2. The summed E-state index contributed by atoms with van der Waals surface area (Å²) in [6, 6.07) is 4.23. The maximum atomic E-state index is 11.9. The highest BCUT2D eigenvalue weighted by Gasteiger charge is 2.28. The molecule has 2 heterocycles. The van der Waals surface area contributed by atoms with Crippen LogP contribution < -0.4 is 16.0 Å². The third kappa shape index (κ3) is 6.95. The maximum Gasteiger partial charge on any atom is 0.222 e. The molecule has 26 heavy (non-hydrogen) atoms. The molecule has 0 radical (unpaired) electrons. The van der Waals surface area contributed by atoms with Crippen molar-refractivity contribution in [3.05, 3.63) is 21.9 Å². The van der Waals surface area contributed by atoms with Crippen LogP contribution in [0.1, 0.15) is 29.5 Å². The Morgan fingerprint density at radius 2 is 2.19 bits per heavy atom. The number of hydrogen-bond donors (Lipinski definition) is 3. The summed E-state index contributed by atoms with van der Waals surface area (Å²) in [5.74, 6) is 0.725. The summed E-state index contributed by atoms with van der Waals surface area (Å²) in [7, 11) is -1.28. The molecule has 3 N–H and O–H groups in total. The van der Waals surface area contributed by atoms with Gasteiger partial charge in [0, 0.05) is 48.3 Å². The molecule has 1 saturated heterocycles. The number of hydrogen-bond acceptors (Lipinski definition) is 5. The van der Waals surface area contributed by atoms with E-state index in [2.05, 4.69) is 46.9 Å². The molecule has 1 aromatic rings. The molecule has 2 atom stereocenters. The highest BCUT2D eigenvalue weighted by molar-refractivity contribution is 7.91. The third-order valence-corrected chi connectivity index (χ3v) is 6.94. The van der Waals surface area contributed by atoms with Crippen LogP contribution in [-0.4, -0.2) is 57.5 Å². The summed E-state index contributed by atoms with van der Waals surface area (Å²) >= 11 is 1.79. The molecule has 0 spiro atoms. The second-order valence-corrected chi connectivity index (χ2v) is 10.3. The molecule has 2 unspecified atom stereocenters. The van der Waals surface area contributed by atoms with E-state index in [1.165, 1.54) is 9.75 Å². The van der Waals surface area contributed by atoms with Crippen molar-refractivity contribution in [3.63, 3.8) is 0 Å². The van der Waals surface area contributed by atoms with Crippen LogP contribution in [0.5, 0.6) is 0 Å². The van der Waals surface area contributed by atoms with Crippen LogP contribution in [0.4, 0.5) is 0 Å². The average Bonchev–Trinajstić information content (AvgIpc) is 3.11. The van der Waals surface area contributed by atoms with Crippen molar-refractivity contribution in [2.45, 2.75) is 45.2 Å². The van der Waals surface area contributed by atoms with Gasteiger partial charge in [0.05, 0.1) is 11.5 Å². The molecular weight excluding hydrogens is 372 g/mol. The van der Waals surface area contributed by atoms with Gasteiger partial charge in [-0.05, 0) is 32.4 Å². The largest absolute Gasteiger partial charge is 0.356 e. The van der Waals surface area contributed by atoms with E-state index >= 15 is 0 Å². The summed E-state index contributed by atoms with van der Waals surface area (Å²) in [6.07, 6.45) is 1.69. The van der Waals surface area contributed by atoms with Gasteiger partial charge in [0.2, 0.25) is 5.91 Å². The van der Waals surface area contributed by atoms with Gasteiger partial charge in [-0.15, -0.1) is 11.3 Å². The molecule has 1 fully saturated rings. The minimum Gasteiger partial charge on any atom is -0.356 e. The molecule has 2 rings (SSSR count). The van der Waals surface area contributed by atoms with Crippen molar-refractivity contribution in [1.82, 2.24) is 16.0 Å². The maximum absolute atomic E-state index is 11.9. The van der Waals surface area contributed by atoms with Crippen LogP contribution in [0.2, 0.25) is 0 Å². The number of amides is 1. The van der Waals surface area contributed by atoms with Crippen LogP contribution in [0, 0.1) is 6.92 Å². The number of carbonyl (C=O) groups excluding carboxylic acids is 1. The predicted octanol–water partition coefficient (Wildman–Crippen LogP) is 0.846. The molecule has 0 bridgehead atoms. The molecule has 9 heteroatoms. The van der Waals surface area contributed by atoms with Gasteiger partial charge in [-0.25, -0.2) is 8.42 Å². The van der Waals surface area contributed by atoms with E-state index in [-0.39, 0.29) is 35.9 Å². The van der Waals surface area contributed by atoms with Gasteiger partial charge in [0.25, 0.3) is 0 Å². The van der Waals surface area contributed by atoms with Crippen LogP contribution in [0.15, 0.2) is 17.1 Å². The van der Waals surface area contributed by atoms with E-state index in [1.807, 2.05) is 0 Å². The van der Waals surface area contributed by atoms with Crippen molar-refractivity contribution >= 4 is 33.0 Å². The number of nitrogens with one attached hydrogen (secondary N) is 3. The average molecular weight is 401 g/mol. The van der Waals surface area contributed by atoms with Gasteiger partial charge in [-0.3, -0.25) is 9.79 Å². The lowest BCUT2D eigenvalue weighted by atomic mass is 10.2. The molecule has 1 aliphatic rings. The zero-order valence-electron chi connectivity index (χ0n) is 15.5. The normalized spacial score (nSPS) is 20.6. The second-order valence-electron chi connectivity index (χ2n) is 6.68. The second kappa shape index (κ2) is 9.36. The number of aryl methyl sites for hydroxylation is 1. The lowest BCUT2D eigenvalue weighted by Gasteiger charge is -2.17. The van der Waals surface area contributed by atoms with Crippen molar-refractivity contribution in [1.29, 1.82) is 0 Å². The fourth-order valence-corrected chi connectivity index (χ4v) is 5.57. The quantitative estimate of drug-likeness (QED) is 0.465. The van der Waals surface area contributed by atoms with E-state index in [9.17, 15) is 13.2 Å². The monoisotopic (exact) mass is 400 g/mol. The van der Waals surface area contributed by atoms with Gasteiger partial charge >= 0.3 is 0 Å². The van der Waals surface area contributed by atoms with E-state index in [0.717, 1.165) is 6.42 Å². The van der Waals surface area contributed by atoms with Crippen LogP contribution >= 0.6 is 11.3 Å². The van der Waals surface area contributed by atoms with Crippen molar-refractivity contribution in [2.75, 3.05) is 25.1 Å². The Kier molecular flexibility index (Phi) is 7.45. The van der Waals surface area contributed by atoms with Crippen LogP contribution in [-0.2, 0) is 21.1 Å². The lowest BCUT2D eigenvalue weighted by molar-refractivity contribution is -0.121. The number of thiophene rings is 1. The highest BCUT2D eigenvalue weighted by atomic mass is 32.2. The van der Waals surface area contributed by atoms with Gasteiger partial charge in [0.15, 0.2) is 15.8 Å². The first-order valence-corrected chi connectivity index (χ1v) is 11.4. The Bertz CT molecular complexity index is 743. The summed E-state index contributed by atoms with van der Waals surface area (Å²) in [4.78, 5) is 18.7. The number of aliphatic imine (C=N–C) groups is 1. The molecular formula is C17H28N4O3S2. The van der Waals surface area contributed by atoms with E-state index < -0.39 is 9.84 Å². The van der Waals surface area contributed by atoms with Gasteiger partial charge < -0.3 is 16.0 Å². The number of guanidine groups is 1. The van der Waals surface area contributed by atoms with Gasteiger partial charge in [-0.1, -0.05) is 0 Å². The topological polar surface area (TPSA) is 99.7 Å². The van der Waals surface area contributed by atoms with E-state index in [0.29, 0.717) is 18.9 Å². The molecule has 0 saturated carbocycles. The summed E-state index contributed by atoms with van der Waals surface area (Å²) in [5, 5.41) is 9.23. The van der Waals surface area contributed by atoms with Crippen molar-refractivity contribution < 1.29 is 13.2 Å². The number of rotatable bonds is 7. The first-order chi connectivity index (χ1) is 12.3. The van der Waals surface area contributed by atoms with Crippen molar-refractivity contribution in [3.8, 4) is 0 Å². The zero-order valence-corrected chi connectivity index (χ0v) is 17.2. The van der Waals surface area contributed by atoms with Gasteiger partial charge in [-0.2, -0.15) is 0 Å². The summed E-state index contributed by atoms with van der Waals surface area (Å²) in [6.45, 7) is 4.63. The molecule has 1 aromatic heterocycles. The fourth-order valence-electron chi connectivity index (χ4n) is 2.88. The Balaban J connectivity index is 1.67. The fraction of sp³-hybridized carbons (Fsp3) is 0.647. The molecule has 146 valence electrons. The smallest absolute Gasteiger partial charge is 0.222 e. The van der Waals surface area contributed by atoms with Gasteiger partial charge in [0.1, 0.15) is 0 Å². The standard InChI is InChI=1S/C17H28N4O3S2/c1-12(10-15-5-4-13(2)25-15)20-17(18-3)19-8-6-16(22)21-14-7-9-26(23,24)11-14/h4-5,12,14H,6-11H2,1-3H3,(H,21,22)(H2,18,19,20). The summed E-state index contributed by atoms with van der Waals surface area (Å²) < 4.78 is 22.8. The first-order valence-electron chi connectivity index (χ1n) is 8.79. The third-order valence-electron chi connectivity index (χ3n) is 4.15. The molecule has 0 aliphatic carbocycles. The Morgan fingerprint density at radius 3 is 2.77 bits per heavy atom. The summed E-state index contributed by atoms with van der Waals surface area (Å²) in [5.41, 5.74) is 0. The number of carbonyl (C=O) groups is 1. The number of sulfone groups is 1. The van der Waals surface area contributed by atoms with Crippen LogP contribution in [0.3, 0.4) is 0 Å². The Morgan fingerprint density at radius 1 is 1.42 bits per heavy atom. The minimum absolute atomic E-state index is 0.0507. The Labute approximate surface area is 159 Å². The first kappa shape index (κ1) is 20.7. The predicted molar refractivity (Wildman–Crippen MR) is 107 cm³/mol. The number of nitrogens with zero attached hydrogens (tertiary/aromatic N) is 1. The highest BCUT2D eigenvalue weighted by Crippen LogP contribution is 2.16. The molecule has 0 aromatic carbocycles. The van der Waals surface area contributed by atoms with Crippen LogP contribution in [0.25, 0.3) is 0 Å². The molecule has 1 aliphatic heterocycles. The lowest BCUT2D eigenvalue weighted by Crippen LogP contribution is -2.44. The van der Waals surface area contributed by atoms with Crippen molar-refractivity contribution in [2.24, 2.45) is 4.99 Å². The SMILES string of the molecule is CN=C(NCCC(=O)NC1CCS(=O)(=O)C1)NC(C)Cc1ccc(C)s1. The molecule has 1 amide bonds.